The predicted molar refractivity (Wildman–Crippen MR) is 250 cm³/mol. The van der Waals surface area contributed by atoms with Crippen LogP contribution in [0.25, 0.3) is 0 Å². The molecule has 0 aromatic rings. The van der Waals surface area contributed by atoms with E-state index in [-0.39, 0.29) is 24.9 Å². The second-order valence-corrected chi connectivity index (χ2v) is 17.6. The van der Waals surface area contributed by atoms with Crippen LogP contribution in [0.3, 0.4) is 0 Å². The lowest BCUT2D eigenvalue weighted by molar-refractivity contribution is -0.151. The number of ether oxygens (including phenoxy) is 1. The Morgan fingerprint density at radius 1 is 0.483 bits per heavy atom. The Hall–Kier alpha value is -1.66. The number of hydrogen-bond acceptors (Lipinski definition) is 5. The summed E-state index contributed by atoms with van der Waals surface area (Å²) < 4.78 is 5.92. The maximum absolute atomic E-state index is 13.2. The molecule has 0 saturated heterocycles. The minimum atomic E-state index is -0.786. The van der Waals surface area contributed by atoms with Crippen LogP contribution in [-0.2, 0) is 14.3 Å². The number of unbranched alkanes of at least 4 members (excludes halogenated alkanes) is 30. The molecule has 0 aromatic carbocycles. The zero-order valence-corrected chi connectivity index (χ0v) is 38.9. The molecule has 0 aliphatic heterocycles. The van der Waals surface area contributed by atoms with Crippen LogP contribution in [0.1, 0.15) is 271 Å². The van der Waals surface area contributed by atoms with Gasteiger partial charge >= 0.3 is 5.97 Å². The maximum Gasteiger partial charge on any atom is 0.306 e. The number of hydrogen-bond donors (Lipinski definition) is 3. The fourth-order valence-corrected chi connectivity index (χ4v) is 7.83. The number of allylic oxidation sites excluding steroid dienone is 4. The summed E-state index contributed by atoms with van der Waals surface area (Å²) in [5, 5.41) is 23.7. The van der Waals surface area contributed by atoms with E-state index in [0.29, 0.717) is 19.3 Å². The zero-order chi connectivity index (χ0) is 42.4. The zero-order valence-electron chi connectivity index (χ0n) is 38.9. The Morgan fingerprint density at radius 2 is 0.828 bits per heavy atom. The molecule has 0 fully saturated rings. The van der Waals surface area contributed by atoms with Gasteiger partial charge in [-0.05, 0) is 77.0 Å². The highest BCUT2D eigenvalue weighted by Gasteiger charge is 2.24. The first kappa shape index (κ1) is 56.3. The van der Waals surface area contributed by atoms with E-state index >= 15 is 0 Å². The first-order valence-corrected chi connectivity index (χ1v) is 25.6. The van der Waals surface area contributed by atoms with E-state index in [4.69, 9.17) is 4.74 Å². The van der Waals surface area contributed by atoms with Gasteiger partial charge in [-0.3, -0.25) is 9.59 Å². The molecule has 6 heteroatoms. The average Bonchev–Trinajstić information content (AvgIpc) is 3.22. The normalized spacial score (nSPS) is 13.4. The molecule has 1 amide bonds. The highest BCUT2D eigenvalue weighted by atomic mass is 16.5. The van der Waals surface area contributed by atoms with Crippen LogP contribution in [0.4, 0.5) is 0 Å². The van der Waals surface area contributed by atoms with Crippen molar-refractivity contribution in [2.45, 2.75) is 289 Å². The molecule has 0 saturated carbocycles. The fraction of sp³-hybridized carbons (Fsp3) is 0.885. The van der Waals surface area contributed by atoms with Crippen LogP contribution >= 0.6 is 0 Å². The van der Waals surface area contributed by atoms with E-state index in [1.807, 2.05) is 0 Å². The van der Waals surface area contributed by atoms with Gasteiger partial charge in [-0.2, -0.15) is 0 Å². The van der Waals surface area contributed by atoms with Gasteiger partial charge in [-0.15, -0.1) is 0 Å². The Balaban J connectivity index is 4.56. The molecule has 0 radical (unpaired) electrons. The van der Waals surface area contributed by atoms with Gasteiger partial charge in [0.1, 0.15) is 6.10 Å². The van der Waals surface area contributed by atoms with Crippen LogP contribution < -0.4 is 5.32 Å². The maximum atomic E-state index is 13.2. The Kier molecular flexibility index (Phi) is 45.1. The molecular weight excluding hydrogens is 719 g/mol. The van der Waals surface area contributed by atoms with E-state index < -0.39 is 18.2 Å². The van der Waals surface area contributed by atoms with Gasteiger partial charge in [0, 0.05) is 6.42 Å². The third-order valence-corrected chi connectivity index (χ3v) is 11.8. The molecule has 0 aromatic heterocycles. The first-order valence-electron chi connectivity index (χ1n) is 25.6. The molecule has 3 unspecified atom stereocenters. The Labute approximate surface area is 361 Å². The van der Waals surface area contributed by atoms with Gasteiger partial charge in [0.05, 0.1) is 25.2 Å². The average molecular weight is 818 g/mol. The third kappa shape index (κ3) is 41.1. The smallest absolute Gasteiger partial charge is 0.306 e. The molecule has 0 aliphatic rings. The molecule has 0 heterocycles. The number of carbonyl (C=O) groups excluding carboxylic acids is 2. The van der Waals surface area contributed by atoms with E-state index in [1.54, 1.807) is 0 Å². The lowest BCUT2D eigenvalue weighted by atomic mass is 10.0. The van der Waals surface area contributed by atoms with Gasteiger partial charge < -0.3 is 20.3 Å². The number of carbonyl (C=O) groups is 2. The Bertz CT molecular complexity index is 919. The van der Waals surface area contributed by atoms with E-state index in [1.165, 1.54) is 154 Å². The van der Waals surface area contributed by atoms with E-state index in [0.717, 1.165) is 70.6 Å². The summed E-state index contributed by atoms with van der Waals surface area (Å²) in [6, 6.07) is -0.701. The number of aliphatic hydroxyl groups excluding tert-OH is 2. The highest BCUT2D eigenvalue weighted by Crippen LogP contribution is 2.18. The van der Waals surface area contributed by atoms with Crippen LogP contribution in [0.5, 0.6) is 0 Å². The van der Waals surface area contributed by atoms with Crippen molar-refractivity contribution in [1.29, 1.82) is 0 Å². The minimum Gasteiger partial charge on any atom is -0.462 e. The quantitative estimate of drug-likeness (QED) is 0.0323. The summed E-state index contributed by atoms with van der Waals surface area (Å²) in [5.41, 5.74) is 0. The van der Waals surface area contributed by atoms with Crippen molar-refractivity contribution in [3.63, 3.8) is 0 Å². The summed E-state index contributed by atoms with van der Waals surface area (Å²) in [6.07, 6.45) is 52.4. The third-order valence-electron chi connectivity index (χ3n) is 11.8. The molecule has 58 heavy (non-hydrogen) atoms. The van der Waals surface area contributed by atoms with Crippen LogP contribution in [-0.4, -0.2) is 46.9 Å². The van der Waals surface area contributed by atoms with Gasteiger partial charge in [-0.1, -0.05) is 206 Å². The monoisotopic (exact) mass is 818 g/mol. The molecule has 3 atom stereocenters. The van der Waals surface area contributed by atoms with Crippen molar-refractivity contribution in [2.24, 2.45) is 0 Å². The molecule has 0 rings (SSSR count). The van der Waals surface area contributed by atoms with Crippen molar-refractivity contribution in [2.75, 3.05) is 6.61 Å². The van der Waals surface area contributed by atoms with Gasteiger partial charge in [0.15, 0.2) is 0 Å². The molecule has 6 nitrogen and oxygen atoms in total. The lowest BCUT2D eigenvalue weighted by Crippen LogP contribution is -2.46. The van der Waals surface area contributed by atoms with Gasteiger partial charge in [-0.25, -0.2) is 0 Å². The SMILES string of the molecule is CCCCCC/C=C\CCCCCCCC(CC(=O)NC(CO)C(O)CCCCCCCCCCCC)OC(=O)CCCCCCC/C=C/CCCCCCCCC. The van der Waals surface area contributed by atoms with Crippen LogP contribution in [0, 0.1) is 0 Å². The summed E-state index contributed by atoms with van der Waals surface area (Å²) >= 11 is 0. The second-order valence-electron chi connectivity index (χ2n) is 17.6. The molecule has 0 spiro atoms. The number of aliphatic hydroxyl groups is 2. The number of amides is 1. The van der Waals surface area contributed by atoms with Crippen molar-refractivity contribution in [1.82, 2.24) is 5.32 Å². The molecule has 3 N–H and O–H groups in total. The number of nitrogens with one attached hydrogen (secondary N) is 1. The largest absolute Gasteiger partial charge is 0.462 e. The van der Waals surface area contributed by atoms with Crippen molar-refractivity contribution >= 4 is 11.9 Å². The summed E-state index contributed by atoms with van der Waals surface area (Å²) in [5.74, 6) is -0.482. The topological polar surface area (TPSA) is 95.9 Å². The van der Waals surface area contributed by atoms with Gasteiger partial charge in [0.25, 0.3) is 0 Å². The molecule has 0 aliphatic carbocycles. The number of rotatable bonds is 46. The van der Waals surface area contributed by atoms with E-state index in [9.17, 15) is 19.8 Å². The predicted octanol–water partition coefficient (Wildman–Crippen LogP) is 15.1. The fourth-order valence-electron chi connectivity index (χ4n) is 7.83. The molecular formula is C52H99NO5. The van der Waals surface area contributed by atoms with Crippen LogP contribution in [0.2, 0.25) is 0 Å². The lowest BCUT2D eigenvalue weighted by Gasteiger charge is -2.24. The molecule has 342 valence electrons. The van der Waals surface area contributed by atoms with Crippen LogP contribution in [0.15, 0.2) is 24.3 Å². The standard InChI is InChI=1S/C52H99NO5/c1-4-7-10-13-16-19-22-24-25-26-28-30-33-36-39-42-45-52(57)58-48(43-40-37-34-31-29-27-23-20-17-14-11-8-5-2)46-51(56)53-49(47-54)50(55)44-41-38-35-32-21-18-15-12-9-6-3/h20,23,25-26,48-50,54-55H,4-19,21-22,24,27-47H2,1-3H3,(H,53,56)/b23-20-,26-25+. The van der Waals surface area contributed by atoms with Crippen molar-refractivity contribution in [3.05, 3.63) is 24.3 Å². The number of esters is 1. The summed E-state index contributed by atoms with van der Waals surface area (Å²) in [6.45, 7) is 6.46. The van der Waals surface area contributed by atoms with Crippen molar-refractivity contribution < 1.29 is 24.5 Å². The summed E-state index contributed by atoms with van der Waals surface area (Å²) in [4.78, 5) is 26.1. The van der Waals surface area contributed by atoms with E-state index in [2.05, 4.69) is 50.4 Å². The first-order chi connectivity index (χ1) is 28.5. The van der Waals surface area contributed by atoms with Gasteiger partial charge in [0.2, 0.25) is 5.91 Å². The summed E-state index contributed by atoms with van der Waals surface area (Å²) in [7, 11) is 0. The highest BCUT2D eigenvalue weighted by molar-refractivity contribution is 5.77. The minimum absolute atomic E-state index is 0.0722. The second kappa shape index (κ2) is 46.4. The Morgan fingerprint density at radius 3 is 1.24 bits per heavy atom. The molecule has 0 bridgehead atoms. The van der Waals surface area contributed by atoms with Crippen molar-refractivity contribution in [3.8, 4) is 0 Å².